The van der Waals surface area contributed by atoms with Crippen LogP contribution in [0.15, 0.2) is 42.9 Å². The molecule has 2 aromatic rings. The van der Waals surface area contributed by atoms with Crippen LogP contribution in [-0.4, -0.2) is 299 Å². The molecule has 1 heterocycles. The number of hydrogen-bond donors (Lipinski definition) is 26. The molecular formula is C69H107N19O27S. The Balaban J connectivity index is 2.35. The number of imidazole rings is 1. The second kappa shape index (κ2) is 52.8. The molecule has 15 amide bonds. The van der Waals surface area contributed by atoms with Crippen LogP contribution in [0, 0.1) is 5.92 Å². The number of H-pyrrole nitrogens is 1. The second-order valence-electron chi connectivity index (χ2n) is 27.0. The van der Waals surface area contributed by atoms with E-state index in [0.717, 1.165) is 13.8 Å². The average Bonchev–Trinajstić information content (AvgIpc) is 0.926. The second-order valence-corrected chi connectivity index (χ2v) is 28.0. The fraction of sp³-hybridized carbons (Fsp3) is 0.594. The summed E-state index contributed by atoms with van der Waals surface area (Å²) in [7, 11) is 0. The molecule has 0 radical (unpaired) electrons. The molecule has 0 saturated heterocycles. The predicted molar refractivity (Wildman–Crippen MR) is 405 cm³/mol. The number of carbonyl (C=O) groups is 19. The normalized spacial score (nSPS) is 14.9. The summed E-state index contributed by atoms with van der Waals surface area (Å²) in [5, 5.41) is 112. The molecule has 1 aromatic heterocycles. The number of hydrogen-bond acceptors (Lipinski definition) is 27. The maximum absolute atomic E-state index is 14.3. The summed E-state index contributed by atoms with van der Waals surface area (Å²) >= 11 is 1.23. The number of rotatable bonds is 57. The largest absolute Gasteiger partial charge is 0.481 e. The maximum Gasteiger partial charge on any atom is 0.326 e. The highest BCUT2D eigenvalue weighted by Gasteiger charge is 2.39. The van der Waals surface area contributed by atoms with Crippen molar-refractivity contribution in [2.75, 3.05) is 44.9 Å². The van der Waals surface area contributed by atoms with E-state index < -0.39 is 287 Å². The molecule has 0 saturated carbocycles. The number of carbonyl (C=O) groups excluding carboxylic acids is 15. The van der Waals surface area contributed by atoms with E-state index in [1.165, 1.54) is 36.4 Å². The number of aromatic nitrogens is 2. The standard InChI is InChI=1S/C69H107N19O27S/c1-33(2)23-44(62(107)85-47(30-89)65(110)78-39(13-9-10-21-70)59(104)79-41(14-17-49(72)93)60(105)80-42(20-22-116-5)61(106)81-43(69(114)115)16-19-53(98)99)82-63(108)46(26-54(100)101)83-66(111)48(31-90)86-68(113)56(35(4)92)88-64(109)45(24-36-11-7-6-8-12-36)84-67(112)55(34(3)91)87-51(95)29-75-58(103)40(15-18-52(96)97)77-50(94)28-74-57(102)38(71)25-37-27-73-32-76-37/h6-8,11-12,27,32-35,38-48,55-56,89-92H,9-10,13-26,28-31,70-71H2,1-5H3,(H2,72,93)(H,73,76)(H,74,102)(H,75,103)(H,77,94)(H,78,110)(H,79,104)(H,80,105)(H,81,106)(H,82,108)(H,83,111)(H,84,112)(H,85,107)(H,86,113)(H,87,95)(H,88,109)(H,96,97)(H,98,99)(H,100,101)(H,114,115)/t34-,35-,38+,39+,40+,41+,42+,43+,44+,45+,46+,47+,48+,55+,56+/m1/s1. The lowest BCUT2D eigenvalue weighted by atomic mass is 10.0. The summed E-state index contributed by atoms with van der Waals surface area (Å²) in [6, 6.07) is -15.3. The zero-order valence-corrected chi connectivity index (χ0v) is 65.2. The van der Waals surface area contributed by atoms with Gasteiger partial charge in [-0.15, -0.1) is 0 Å². The van der Waals surface area contributed by atoms with Crippen LogP contribution in [0.2, 0.25) is 0 Å². The molecule has 0 aliphatic carbocycles. The van der Waals surface area contributed by atoms with Gasteiger partial charge in [-0.2, -0.15) is 11.8 Å². The molecule has 29 N–H and O–H groups in total. The van der Waals surface area contributed by atoms with E-state index in [-0.39, 0.29) is 50.8 Å². The van der Waals surface area contributed by atoms with Crippen LogP contribution in [0.25, 0.3) is 0 Å². The molecule has 646 valence electrons. The Morgan fingerprint density at radius 2 is 0.879 bits per heavy atom. The highest BCUT2D eigenvalue weighted by Crippen LogP contribution is 2.13. The minimum absolute atomic E-state index is 0.00539. The molecule has 0 bridgehead atoms. The molecule has 46 nitrogen and oxygen atoms in total. The van der Waals surface area contributed by atoms with E-state index in [1.807, 2.05) is 5.32 Å². The van der Waals surface area contributed by atoms with Gasteiger partial charge in [-0.25, -0.2) is 9.78 Å². The lowest BCUT2D eigenvalue weighted by Crippen LogP contribution is -2.63. The van der Waals surface area contributed by atoms with E-state index in [2.05, 4.69) is 79.1 Å². The molecule has 0 spiro atoms. The van der Waals surface area contributed by atoms with Gasteiger partial charge < -0.3 is 137 Å². The Bertz CT molecular complexity index is 3670. The quantitative estimate of drug-likeness (QED) is 0.0274. The molecule has 0 fully saturated rings. The SMILES string of the molecule is CSCC[C@H](NC(=O)[C@H](CCC(N)=O)NC(=O)[C@H](CCCCN)NC(=O)[C@H](CO)NC(=O)[C@H](CC(C)C)NC(=O)[C@H](CC(=O)O)NC(=O)[C@H](CO)NC(=O)[C@@H](NC(=O)[C@H](Cc1ccccc1)NC(=O)[C@@H](NC(=O)CNC(=O)[C@H](CCC(=O)O)NC(=O)CNC(=O)[C@@H](N)Cc1c[nH]cn1)[C@@H](C)O)[C@@H](C)O)C(=O)N[C@@H](CCC(=O)O)C(=O)O. The van der Waals surface area contributed by atoms with Gasteiger partial charge in [0.2, 0.25) is 88.6 Å². The Morgan fingerprint density at radius 3 is 1.36 bits per heavy atom. The first-order valence-corrected chi connectivity index (χ1v) is 37.9. The lowest BCUT2D eigenvalue weighted by Gasteiger charge is -2.28. The highest BCUT2D eigenvalue weighted by molar-refractivity contribution is 7.98. The first-order chi connectivity index (χ1) is 54.6. The van der Waals surface area contributed by atoms with Crippen LogP contribution in [0.3, 0.4) is 0 Å². The average molecular weight is 1670 g/mol. The summed E-state index contributed by atoms with van der Waals surface area (Å²) in [4.78, 5) is 257. The Labute approximate surface area is 668 Å². The molecule has 0 aliphatic rings. The summed E-state index contributed by atoms with van der Waals surface area (Å²) in [6.07, 6.45) is -4.44. The van der Waals surface area contributed by atoms with Crippen molar-refractivity contribution in [1.82, 2.24) is 84.4 Å². The van der Waals surface area contributed by atoms with Crippen LogP contribution in [0.1, 0.15) is 116 Å². The lowest BCUT2D eigenvalue weighted by molar-refractivity contribution is -0.144. The molecule has 15 atom stereocenters. The predicted octanol–water partition coefficient (Wildman–Crippen LogP) is -10.2. The molecule has 2 rings (SSSR count). The van der Waals surface area contributed by atoms with E-state index >= 15 is 0 Å². The number of primary amides is 1. The Kier molecular flexibility index (Phi) is 45.7. The van der Waals surface area contributed by atoms with Crippen molar-refractivity contribution in [1.29, 1.82) is 0 Å². The molecule has 1 aromatic carbocycles. The molecule has 47 heteroatoms. The van der Waals surface area contributed by atoms with Crippen LogP contribution in [0.4, 0.5) is 0 Å². The summed E-state index contributed by atoms with van der Waals surface area (Å²) in [6.45, 7) is 1.07. The zero-order valence-electron chi connectivity index (χ0n) is 64.3. The number of benzene rings is 1. The number of unbranched alkanes of at least 4 members (excludes halogenated alkanes) is 1. The molecular weight excluding hydrogens is 1560 g/mol. The number of nitrogens with two attached hydrogens (primary N) is 3. The van der Waals surface area contributed by atoms with Gasteiger partial charge >= 0.3 is 23.9 Å². The van der Waals surface area contributed by atoms with Crippen LogP contribution in [0.5, 0.6) is 0 Å². The highest BCUT2D eigenvalue weighted by atomic mass is 32.2. The van der Waals surface area contributed by atoms with Crippen LogP contribution in [-0.2, 0) is 104 Å². The number of thioether (sulfide) groups is 1. The number of carboxylic acids is 4. The minimum Gasteiger partial charge on any atom is -0.481 e. The van der Waals surface area contributed by atoms with Gasteiger partial charge in [0.25, 0.3) is 0 Å². The smallest absolute Gasteiger partial charge is 0.326 e. The zero-order chi connectivity index (χ0) is 87.5. The summed E-state index contributed by atoms with van der Waals surface area (Å²) < 4.78 is 0. The van der Waals surface area contributed by atoms with Gasteiger partial charge in [0.05, 0.1) is 63.0 Å². The number of aliphatic carboxylic acids is 4. The Hall–Kier alpha value is -11.5. The first-order valence-electron chi connectivity index (χ1n) is 36.5. The molecule has 0 aliphatic heterocycles. The topological polar surface area (TPSA) is 761 Å². The molecule has 0 unspecified atom stereocenters. The summed E-state index contributed by atoms with van der Waals surface area (Å²) in [5.41, 5.74) is 17.7. The molecule has 116 heavy (non-hydrogen) atoms. The van der Waals surface area contributed by atoms with Crippen molar-refractivity contribution in [3.05, 3.63) is 54.1 Å². The van der Waals surface area contributed by atoms with Gasteiger partial charge in [-0.1, -0.05) is 44.2 Å². The number of aromatic amines is 1. The minimum atomic E-state index is -2.16. The number of aliphatic hydroxyl groups excluding tert-OH is 4. The van der Waals surface area contributed by atoms with Gasteiger partial charge in [-0.05, 0) is 95.2 Å². The van der Waals surface area contributed by atoms with Gasteiger partial charge in [0.15, 0.2) is 0 Å². The van der Waals surface area contributed by atoms with E-state index in [0.29, 0.717) is 11.3 Å². The number of nitrogens with one attached hydrogen (secondary N) is 15. The van der Waals surface area contributed by atoms with Crippen LogP contribution >= 0.6 is 11.8 Å². The van der Waals surface area contributed by atoms with Gasteiger partial charge in [-0.3, -0.25) is 86.3 Å². The number of aliphatic hydroxyl groups is 4. The first kappa shape index (κ1) is 101. The van der Waals surface area contributed by atoms with Crippen molar-refractivity contribution in [3.63, 3.8) is 0 Å². The third-order valence-electron chi connectivity index (χ3n) is 16.9. The fourth-order valence-electron chi connectivity index (χ4n) is 10.7. The van der Waals surface area contributed by atoms with E-state index in [1.54, 1.807) is 38.3 Å². The van der Waals surface area contributed by atoms with Crippen molar-refractivity contribution in [3.8, 4) is 0 Å². The third-order valence-corrected chi connectivity index (χ3v) is 17.5. The number of carboxylic acid groups (broad SMARTS) is 4. The fourth-order valence-corrected chi connectivity index (χ4v) is 11.2. The number of amides is 15. The van der Waals surface area contributed by atoms with E-state index in [9.17, 15) is 127 Å². The maximum atomic E-state index is 14.3. The van der Waals surface area contributed by atoms with Crippen LogP contribution < -0.4 is 91.6 Å². The monoisotopic (exact) mass is 1670 g/mol. The van der Waals surface area contributed by atoms with Gasteiger partial charge in [0.1, 0.15) is 72.5 Å². The number of nitrogens with zero attached hydrogens (tertiary/aromatic N) is 1. The van der Waals surface area contributed by atoms with E-state index in [4.69, 9.17) is 22.3 Å². The van der Waals surface area contributed by atoms with Gasteiger partial charge in [0, 0.05) is 38.3 Å². The van der Waals surface area contributed by atoms with Crippen molar-refractivity contribution in [2.45, 2.75) is 208 Å². The van der Waals surface area contributed by atoms with Crippen molar-refractivity contribution in [2.24, 2.45) is 23.1 Å². The third kappa shape index (κ3) is 38.5. The Morgan fingerprint density at radius 1 is 0.457 bits per heavy atom. The van der Waals surface area contributed by atoms with Crippen molar-refractivity contribution < 1.29 is 132 Å². The summed E-state index contributed by atoms with van der Waals surface area (Å²) in [5.74, 6) is -23.8. The van der Waals surface area contributed by atoms with Crippen molar-refractivity contribution >= 4 is 124 Å².